The van der Waals surface area contributed by atoms with Crippen LogP contribution in [-0.4, -0.2) is 39.7 Å². The quantitative estimate of drug-likeness (QED) is 0.710. The summed E-state index contributed by atoms with van der Waals surface area (Å²) in [5.74, 6) is 1.07. The van der Waals surface area contributed by atoms with Gasteiger partial charge in [0.2, 0.25) is 5.91 Å². The van der Waals surface area contributed by atoms with Crippen LogP contribution in [0.2, 0.25) is 0 Å². The summed E-state index contributed by atoms with van der Waals surface area (Å²) in [6.45, 7) is -0.247. The summed E-state index contributed by atoms with van der Waals surface area (Å²) in [4.78, 5) is 24.3. The highest BCUT2D eigenvalue weighted by atomic mass is 16.5. The Kier molecular flexibility index (Phi) is 4.97. The van der Waals surface area contributed by atoms with Crippen molar-refractivity contribution in [3.8, 4) is 17.3 Å². The maximum absolute atomic E-state index is 12.3. The third-order valence-corrected chi connectivity index (χ3v) is 3.57. The molecule has 0 radical (unpaired) electrons. The van der Waals surface area contributed by atoms with Crippen molar-refractivity contribution < 1.29 is 14.3 Å². The molecular formula is C17H17N5O4. The molecule has 0 spiro atoms. The van der Waals surface area contributed by atoms with Crippen molar-refractivity contribution in [1.29, 1.82) is 0 Å². The molecule has 0 bridgehead atoms. The van der Waals surface area contributed by atoms with Gasteiger partial charge in [-0.2, -0.15) is 5.10 Å². The Morgan fingerprint density at radius 3 is 2.73 bits per heavy atom. The zero-order valence-electron chi connectivity index (χ0n) is 14.2. The molecule has 3 aromatic rings. The summed E-state index contributed by atoms with van der Waals surface area (Å²) >= 11 is 0. The predicted molar refractivity (Wildman–Crippen MR) is 93.8 cm³/mol. The number of ether oxygens (including phenoxy) is 2. The molecule has 26 heavy (non-hydrogen) atoms. The molecular weight excluding hydrogens is 338 g/mol. The summed E-state index contributed by atoms with van der Waals surface area (Å²) in [6.07, 6.45) is 3.29. The minimum Gasteiger partial charge on any atom is -0.497 e. The molecule has 0 aliphatic rings. The van der Waals surface area contributed by atoms with Gasteiger partial charge in [-0.15, -0.1) is 5.10 Å². The van der Waals surface area contributed by atoms with Crippen molar-refractivity contribution in [1.82, 2.24) is 19.6 Å². The van der Waals surface area contributed by atoms with Crippen LogP contribution in [0.3, 0.4) is 0 Å². The third-order valence-electron chi connectivity index (χ3n) is 3.57. The lowest BCUT2D eigenvalue weighted by Crippen LogP contribution is -2.30. The van der Waals surface area contributed by atoms with Crippen molar-refractivity contribution in [2.75, 3.05) is 19.5 Å². The lowest BCUT2D eigenvalue weighted by Gasteiger charge is -2.12. The normalized spacial score (nSPS) is 10.4. The number of hydrogen-bond donors (Lipinski definition) is 1. The highest BCUT2D eigenvalue weighted by Crippen LogP contribution is 2.28. The molecule has 0 saturated carbocycles. The standard InChI is InChI=1S/C17H17N5O4/c1-25-12-4-5-13(14(10-12)26-2)19-16(23)11-22-17(24)7-6-15(20-22)21-9-3-8-18-21/h3-10H,11H2,1-2H3,(H,19,23). The Morgan fingerprint density at radius 2 is 2.04 bits per heavy atom. The largest absolute Gasteiger partial charge is 0.497 e. The molecule has 134 valence electrons. The SMILES string of the molecule is COc1ccc(NC(=O)Cn2nc(-n3cccn3)ccc2=O)c(OC)c1. The van der Waals surface area contributed by atoms with E-state index in [0.717, 1.165) is 4.68 Å². The first-order chi connectivity index (χ1) is 12.6. The van der Waals surface area contributed by atoms with E-state index in [4.69, 9.17) is 9.47 Å². The molecule has 0 fully saturated rings. The van der Waals surface area contributed by atoms with Crippen LogP contribution >= 0.6 is 0 Å². The highest BCUT2D eigenvalue weighted by molar-refractivity contribution is 5.92. The zero-order valence-corrected chi connectivity index (χ0v) is 14.2. The first-order valence-corrected chi connectivity index (χ1v) is 7.71. The van der Waals surface area contributed by atoms with E-state index in [1.807, 2.05) is 0 Å². The van der Waals surface area contributed by atoms with Crippen LogP contribution in [-0.2, 0) is 11.3 Å². The Hall–Kier alpha value is -3.62. The number of aromatic nitrogens is 4. The average molecular weight is 355 g/mol. The molecule has 1 amide bonds. The maximum atomic E-state index is 12.3. The van der Waals surface area contributed by atoms with E-state index in [9.17, 15) is 9.59 Å². The summed E-state index contributed by atoms with van der Waals surface area (Å²) in [6, 6.07) is 9.62. The number of rotatable bonds is 6. The Bertz CT molecular complexity index is 966. The predicted octanol–water partition coefficient (Wildman–Crippen LogP) is 1.08. The number of benzene rings is 1. The van der Waals surface area contributed by atoms with Gasteiger partial charge in [0.25, 0.3) is 5.56 Å². The second-order valence-electron chi connectivity index (χ2n) is 5.25. The van der Waals surface area contributed by atoms with E-state index in [1.54, 1.807) is 36.7 Å². The van der Waals surface area contributed by atoms with Crippen LogP contribution in [0.4, 0.5) is 5.69 Å². The smallest absolute Gasteiger partial charge is 0.267 e. The molecule has 3 rings (SSSR count). The Labute approximate surface area is 148 Å². The number of nitrogens with zero attached hydrogens (tertiary/aromatic N) is 4. The van der Waals surface area contributed by atoms with Crippen molar-refractivity contribution in [3.05, 3.63) is 59.1 Å². The lowest BCUT2D eigenvalue weighted by molar-refractivity contribution is -0.117. The fourth-order valence-corrected chi connectivity index (χ4v) is 2.31. The molecule has 0 unspecified atom stereocenters. The molecule has 0 aliphatic heterocycles. The van der Waals surface area contributed by atoms with Crippen LogP contribution in [0, 0.1) is 0 Å². The average Bonchev–Trinajstić information content (AvgIpc) is 3.18. The van der Waals surface area contributed by atoms with Gasteiger partial charge in [0.1, 0.15) is 18.0 Å². The Morgan fingerprint density at radius 1 is 1.19 bits per heavy atom. The maximum Gasteiger partial charge on any atom is 0.267 e. The fraction of sp³-hybridized carbons (Fsp3) is 0.176. The van der Waals surface area contributed by atoms with Gasteiger partial charge in [-0.05, 0) is 24.3 Å². The molecule has 0 aliphatic carbocycles. The van der Waals surface area contributed by atoms with Gasteiger partial charge in [-0.3, -0.25) is 9.59 Å². The van der Waals surface area contributed by atoms with Gasteiger partial charge in [0, 0.05) is 24.5 Å². The lowest BCUT2D eigenvalue weighted by atomic mass is 10.2. The van der Waals surface area contributed by atoms with E-state index in [0.29, 0.717) is 23.0 Å². The van der Waals surface area contributed by atoms with Crippen molar-refractivity contribution >= 4 is 11.6 Å². The van der Waals surface area contributed by atoms with Crippen molar-refractivity contribution in [2.24, 2.45) is 0 Å². The second-order valence-corrected chi connectivity index (χ2v) is 5.25. The Balaban J connectivity index is 1.78. The van der Waals surface area contributed by atoms with Gasteiger partial charge >= 0.3 is 0 Å². The number of amides is 1. The van der Waals surface area contributed by atoms with E-state index in [2.05, 4.69) is 15.5 Å². The number of anilines is 1. The molecule has 2 aromatic heterocycles. The van der Waals surface area contributed by atoms with E-state index in [-0.39, 0.29) is 6.54 Å². The van der Waals surface area contributed by atoms with Crippen LogP contribution in [0.5, 0.6) is 11.5 Å². The highest BCUT2D eigenvalue weighted by Gasteiger charge is 2.11. The van der Waals surface area contributed by atoms with Crippen molar-refractivity contribution in [3.63, 3.8) is 0 Å². The molecule has 1 N–H and O–H groups in total. The van der Waals surface area contributed by atoms with Gasteiger partial charge in [-0.25, -0.2) is 9.36 Å². The third kappa shape index (κ3) is 3.72. The number of methoxy groups -OCH3 is 2. The summed E-state index contributed by atoms with van der Waals surface area (Å²) < 4.78 is 12.9. The van der Waals surface area contributed by atoms with Crippen LogP contribution < -0.4 is 20.3 Å². The number of carbonyl (C=O) groups is 1. The van der Waals surface area contributed by atoms with Gasteiger partial charge in [0.05, 0.1) is 19.9 Å². The van der Waals surface area contributed by atoms with Gasteiger partial charge in [0.15, 0.2) is 5.82 Å². The number of hydrogen-bond acceptors (Lipinski definition) is 6. The van der Waals surface area contributed by atoms with E-state index >= 15 is 0 Å². The molecule has 1 aromatic carbocycles. The number of nitrogens with one attached hydrogen (secondary N) is 1. The first-order valence-electron chi connectivity index (χ1n) is 7.71. The molecule has 0 atom stereocenters. The monoisotopic (exact) mass is 355 g/mol. The summed E-state index contributed by atoms with van der Waals surface area (Å²) in [5, 5.41) is 10.9. The minimum atomic E-state index is -0.416. The van der Waals surface area contributed by atoms with Crippen LogP contribution in [0.25, 0.3) is 5.82 Å². The molecule has 2 heterocycles. The summed E-state index contributed by atoms with van der Waals surface area (Å²) in [5.41, 5.74) is 0.0762. The van der Waals surface area contributed by atoms with E-state index in [1.165, 1.54) is 31.0 Å². The topological polar surface area (TPSA) is 100 Å². The minimum absolute atomic E-state index is 0.247. The van der Waals surface area contributed by atoms with Crippen LogP contribution in [0.15, 0.2) is 53.6 Å². The first kappa shape index (κ1) is 17.2. The number of carbonyl (C=O) groups excluding carboxylic acids is 1. The van der Waals surface area contributed by atoms with Gasteiger partial charge in [-0.1, -0.05) is 0 Å². The molecule has 9 heteroatoms. The molecule has 9 nitrogen and oxygen atoms in total. The zero-order chi connectivity index (χ0) is 18.5. The van der Waals surface area contributed by atoms with E-state index < -0.39 is 11.5 Å². The second kappa shape index (κ2) is 7.51. The van der Waals surface area contributed by atoms with Crippen molar-refractivity contribution in [2.45, 2.75) is 6.54 Å². The van der Waals surface area contributed by atoms with Gasteiger partial charge < -0.3 is 14.8 Å². The molecule has 0 saturated heterocycles. The van der Waals surface area contributed by atoms with Crippen LogP contribution in [0.1, 0.15) is 0 Å². The summed E-state index contributed by atoms with van der Waals surface area (Å²) in [7, 11) is 3.03. The fourth-order valence-electron chi connectivity index (χ4n) is 2.31.